The van der Waals surface area contributed by atoms with Crippen LogP contribution in [-0.2, 0) is 0 Å². The van der Waals surface area contributed by atoms with Crippen LogP contribution in [0.5, 0.6) is 5.75 Å². The number of carboxylic acids is 1. The van der Waals surface area contributed by atoms with Crippen molar-refractivity contribution < 1.29 is 14.6 Å². The molecule has 6 heteroatoms. The van der Waals surface area contributed by atoms with Gasteiger partial charge in [-0.25, -0.2) is 9.78 Å². The minimum Gasteiger partial charge on any atom is -0.494 e. The summed E-state index contributed by atoms with van der Waals surface area (Å²) in [5.74, 6) is -0.286. The number of H-pyrrole nitrogens is 1. The number of rotatable bonds is 6. The number of aromatic carboxylic acids is 1. The topological polar surface area (TPSA) is 92.3 Å². The summed E-state index contributed by atoms with van der Waals surface area (Å²) < 4.78 is 5.54. The maximum atomic E-state index is 11.4. The Hall–Kier alpha value is -2.63. The molecule has 0 radical (unpaired) electrons. The van der Waals surface area contributed by atoms with Crippen LogP contribution in [0.2, 0.25) is 0 Å². The maximum Gasteiger partial charge on any atom is 0.354 e. The molecule has 1 aromatic carbocycles. The van der Waals surface area contributed by atoms with E-state index in [0.717, 1.165) is 24.7 Å². The van der Waals surface area contributed by atoms with Gasteiger partial charge in [-0.15, -0.1) is 0 Å². The first-order valence-corrected chi connectivity index (χ1v) is 6.68. The van der Waals surface area contributed by atoms with Gasteiger partial charge in [0.15, 0.2) is 5.69 Å². The van der Waals surface area contributed by atoms with Crippen LogP contribution in [0.1, 0.15) is 30.3 Å². The molecular weight excluding hydrogens is 272 g/mol. The number of aromatic nitrogens is 2. The van der Waals surface area contributed by atoms with Crippen LogP contribution in [0.3, 0.4) is 0 Å². The Bertz CT molecular complexity index is 677. The second-order valence-corrected chi connectivity index (χ2v) is 4.51. The van der Waals surface area contributed by atoms with Gasteiger partial charge in [0.25, 0.3) is 5.56 Å². The van der Waals surface area contributed by atoms with Crippen LogP contribution in [0.15, 0.2) is 35.1 Å². The number of unbranched alkanes of at least 4 members (excludes halogenated alkanes) is 1. The van der Waals surface area contributed by atoms with E-state index in [9.17, 15) is 9.59 Å². The van der Waals surface area contributed by atoms with Crippen molar-refractivity contribution in [2.45, 2.75) is 19.8 Å². The van der Waals surface area contributed by atoms with Crippen LogP contribution in [-0.4, -0.2) is 27.7 Å². The van der Waals surface area contributed by atoms with Crippen LogP contribution in [0, 0.1) is 0 Å². The third-order valence-electron chi connectivity index (χ3n) is 2.86. The summed E-state index contributed by atoms with van der Waals surface area (Å²) in [5, 5.41) is 8.91. The molecule has 0 saturated heterocycles. The molecule has 1 heterocycles. The molecule has 6 nitrogen and oxygen atoms in total. The van der Waals surface area contributed by atoms with E-state index >= 15 is 0 Å². The van der Waals surface area contributed by atoms with Crippen LogP contribution in [0.25, 0.3) is 11.4 Å². The molecule has 0 spiro atoms. The summed E-state index contributed by atoms with van der Waals surface area (Å²) in [6, 6.07) is 7.93. The molecule has 0 aliphatic rings. The fourth-order valence-electron chi connectivity index (χ4n) is 1.75. The van der Waals surface area contributed by atoms with Gasteiger partial charge >= 0.3 is 5.97 Å². The van der Waals surface area contributed by atoms with E-state index < -0.39 is 11.5 Å². The van der Waals surface area contributed by atoms with Gasteiger partial charge in [0.1, 0.15) is 11.6 Å². The van der Waals surface area contributed by atoms with Gasteiger partial charge in [-0.3, -0.25) is 4.79 Å². The summed E-state index contributed by atoms with van der Waals surface area (Å²) in [6.45, 7) is 2.74. The fourth-order valence-corrected chi connectivity index (χ4v) is 1.75. The SMILES string of the molecule is CCCCOc1ccc(-c2nc(C(=O)O)cc(=O)[nH]2)cc1. The molecule has 0 saturated carbocycles. The van der Waals surface area contributed by atoms with E-state index in [4.69, 9.17) is 9.84 Å². The van der Waals surface area contributed by atoms with Crippen molar-refractivity contribution in [1.82, 2.24) is 9.97 Å². The van der Waals surface area contributed by atoms with E-state index in [2.05, 4.69) is 16.9 Å². The Morgan fingerprint density at radius 3 is 2.67 bits per heavy atom. The van der Waals surface area contributed by atoms with Crippen molar-refractivity contribution in [2.75, 3.05) is 6.61 Å². The molecule has 1 aromatic heterocycles. The number of carbonyl (C=O) groups is 1. The van der Waals surface area contributed by atoms with Crippen molar-refractivity contribution >= 4 is 5.97 Å². The zero-order chi connectivity index (χ0) is 15.2. The molecule has 0 atom stereocenters. The lowest BCUT2D eigenvalue weighted by molar-refractivity contribution is 0.0690. The Morgan fingerprint density at radius 2 is 2.05 bits per heavy atom. The maximum absolute atomic E-state index is 11.4. The lowest BCUT2D eigenvalue weighted by Crippen LogP contribution is -2.13. The number of nitrogens with one attached hydrogen (secondary N) is 1. The molecular formula is C15H16N2O4. The second kappa shape index (κ2) is 6.69. The molecule has 110 valence electrons. The third-order valence-corrected chi connectivity index (χ3v) is 2.86. The Kier molecular flexibility index (Phi) is 4.71. The first kappa shape index (κ1) is 14.8. The first-order chi connectivity index (χ1) is 10.1. The number of hydrogen-bond acceptors (Lipinski definition) is 4. The van der Waals surface area contributed by atoms with E-state index in [1.54, 1.807) is 24.3 Å². The van der Waals surface area contributed by atoms with Crippen LogP contribution < -0.4 is 10.3 Å². The molecule has 2 N–H and O–H groups in total. The van der Waals surface area contributed by atoms with E-state index in [1.165, 1.54) is 0 Å². The predicted molar refractivity (Wildman–Crippen MR) is 77.7 cm³/mol. The summed E-state index contributed by atoms with van der Waals surface area (Å²) in [4.78, 5) is 28.8. The lowest BCUT2D eigenvalue weighted by atomic mass is 10.2. The molecule has 0 fully saturated rings. The second-order valence-electron chi connectivity index (χ2n) is 4.51. The Morgan fingerprint density at radius 1 is 1.33 bits per heavy atom. The smallest absolute Gasteiger partial charge is 0.354 e. The number of nitrogens with zero attached hydrogens (tertiary/aromatic N) is 1. The molecule has 0 amide bonds. The highest BCUT2D eigenvalue weighted by molar-refractivity contribution is 5.85. The summed E-state index contributed by atoms with van der Waals surface area (Å²) in [5.41, 5.74) is -0.157. The number of aromatic amines is 1. The average molecular weight is 288 g/mol. The Balaban J connectivity index is 2.22. The fraction of sp³-hybridized carbons (Fsp3) is 0.267. The van der Waals surface area contributed by atoms with Gasteiger partial charge < -0.3 is 14.8 Å². The minimum atomic E-state index is -1.23. The minimum absolute atomic E-state index is 0.222. The van der Waals surface area contributed by atoms with Gasteiger partial charge in [-0.1, -0.05) is 13.3 Å². The van der Waals surface area contributed by atoms with Crippen molar-refractivity contribution in [2.24, 2.45) is 0 Å². The normalized spacial score (nSPS) is 10.3. The monoisotopic (exact) mass is 288 g/mol. The van der Waals surface area contributed by atoms with Crippen molar-refractivity contribution in [3.05, 3.63) is 46.4 Å². The molecule has 0 aliphatic carbocycles. The number of ether oxygens (including phenoxy) is 1. The van der Waals surface area contributed by atoms with Crippen molar-refractivity contribution in [3.63, 3.8) is 0 Å². The Labute approximate surface area is 121 Å². The van der Waals surface area contributed by atoms with Gasteiger partial charge in [-0.05, 0) is 30.7 Å². The highest BCUT2D eigenvalue weighted by atomic mass is 16.5. The summed E-state index contributed by atoms with van der Waals surface area (Å²) >= 11 is 0. The zero-order valence-corrected chi connectivity index (χ0v) is 11.6. The zero-order valence-electron chi connectivity index (χ0n) is 11.6. The van der Waals surface area contributed by atoms with E-state index in [0.29, 0.717) is 12.2 Å². The average Bonchev–Trinajstić information content (AvgIpc) is 2.47. The third kappa shape index (κ3) is 3.92. The summed E-state index contributed by atoms with van der Waals surface area (Å²) in [6.07, 6.45) is 2.04. The summed E-state index contributed by atoms with van der Waals surface area (Å²) in [7, 11) is 0. The number of carboxylic acid groups (broad SMARTS) is 1. The van der Waals surface area contributed by atoms with Gasteiger partial charge in [0, 0.05) is 11.6 Å². The van der Waals surface area contributed by atoms with Crippen molar-refractivity contribution in [3.8, 4) is 17.1 Å². The largest absolute Gasteiger partial charge is 0.494 e. The van der Waals surface area contributed by atoms with Crippen molar-refractivity contribution in [1.29, 1.82) is 0 Å². The number of benzene rings is 1. The van der Waals surface area contributed by atoms with Crippen LogP contribution >= 0.6 is 0 Å². The van der Waals surface area contributed by atoms with Gasteiger partial charge in [-0.2, -0.15) is 0 Å². The van der Waals surface area contributed by atoms with Gasteiger partial charge in [0.2, 0.25) is 0 Å². The van der Waals surface area contributed by atoms with E-state index in [-0.39, 0.29) is 11.5 Å². The molecule has 2 rings (SSSR count). The molecule has 2 aromatic rings. The lowest BCUT2D eigenvalue weighted by Gasteiger charge is -2.06. The molecule has 0 unspecified atom stereocenters. The molecule has 0 aliphatic heterocycles. The van der Waals surface area contributed by atoms with E-state index in [1.807, 2.05) is 0 Å². The van der Waals surface area contributed by atoms with Gasteiger partial charge in [0.05, 0.1) is 6.61 Å². The quantitative estimate of drug-likeness (QED) is 0.796. The molecule has 0 bridgehead atoms. The molecule has 21 heavy (non-hydrogen) atoms. The first-order valence-electron chi connectivity index (χ1n) is 6.68. The standard InChI is InChI=1S/C15H16N2O4/c1-2-3-8-21-11-6-4-10(5-7-11)14-16-12(15(19)20)9-13(18)17-14/h4-7,9H,2-3,8H2,1H3,(H,19,20)(H,16,17,18). The predicted octanol–water partition coefficient (Wildman–Crippen LogP) is 2.31. The number of hydrogen-bond donors (Lipinski definition) is 2. The highest BCUT2D eigenvalue weighted by Gasteiger charge is 2.09. The highest BCUT2D eigenvalue weighted by Crippen LogP contribution is 2.19. The van der Waals surface area contributed by atoms with Crippen LogP contribution in [0.4, 0.5) is 0 Å².